The predicted molar refractivity (Wildman–Crippen MR) is 76.0 cm³/mol. The van der Waals surface area contributed by atoms with Crippen LogP contribution in [0.5, 0.6) is 0 Å². The smallest absolute Gasteiger partial charge is 0.303 e. The van der Waals surface area contributed by atoms with Crippen molar-refractivity contribution in [2.45, 2.75) is 26.3 Å². The molecule has 0 aliphatic rings. The van der Waals surface area contributed by atoms with Crippen LogP contribution in [0.3, 0.4) is 0 Å². The Hall–Kier alpha value is -2.14. The fourth-order valence-electron chi connectivity index (χ4n) is 2.49. The zero-order valence-corrected chi connectivity index (χ0v) is 11.3. The summed E-state index contributed by atoms with van der Waals surface area (Å²) >= 11 is 0. The van der Waals surface area contributed by atoms with E-state index in [4.69, 9.17) is 5.11 Å². The van der Waals surface area contributed by atoms with Gasteiger partial charge in [-0.05, 0) is 25.5 Å². The number of aliphatic carboxylic acids is 1. The van der Waals surface area contributed by atoms with E-state index in [1.165, 1.54) is 0 Å². The second-order valence-electron chi connectivity index (χ2n) is 4.68. The lowest BCUT2D eigenvalue weighted by Gasteiger charge is -2.17. The molecule has 0 aliphatic heterocycles. The number of para-hydroxylation sites is 1. The molecule has 1 aromatic heterocycles. The lowest BCUT2D eigenvalue weighted by molar-refractivity contribution is -0.136. The molecule has 2 aromatic rings. The van der Waals surface area contributed by atoms with Gasteiger partial charge in [-0.2, -0.15) is 0 Å². The number of hydrogen-bond acceptors (Lipinski definition) is 3. The number of nitrogens with zero attached hydrogens (tertiary/aromatic N) is 1. The average Bonchev–Trinajstić information content (AvgIpc) is 2.43. The van der Waals surface area contributed by atoms with Crippen molar-refractivity contribution in [2.24, 2.45) is 0 Å². The molecular weight excluding hydrogens is 258 g/mol. The molecule has 0 aliphatic carbocycles. The monoisotopic (exact) mass is 275 g/mol. The minimum absolute atomic E-state index is 0.0356. The lowest BCUT2D eigenvalue weighted by Crippen LogP contribution is -2.20. The molecule has 106 valence electrons. The maximum atomic E-state index is 12.4. The van der Waals surface area contributed by atoms with Crippen LogP contribution in [0, 0.1) is 6.92 Å². The molecule has 2 N–H and O–H groups in total. The van der Waals surface area contributed by atoms with Crippen molar-refractivity contribution in [1.29, 1.82) is 0 Å². The van der Waals surface area contributed by atoms with Crippen LogP contribution in [0.15, 0.2) is 29.1 Å². The largest absolute Gasteiger partial charge is 0.481 e. The first-order valence-corrected chi connectivity index (χ1v) is 6.50. The Labute approximate surface area is 116 Å². The van der Waals surface area contributed by atoms with Gasteiger partial charge in [-0.1, -0.05) is 12.1 Å². The minimum atomic E-state index is -0.925. The number of aromatic nitrogens is 1. The van der Waals surface area contributed by atoms with Crippen LogP contribution < -0.4 is 5.43 Å². The maximum absolute atomic E-state index is 12.4. The fraction of sp³-hybridized carbons (Fsp3) is 0.333. The highest BCUT2D eigenvalue weighted by atomic mass is 16.4. The van der Waals surface area contributed by atoms with Crippen LogP contribution in [-0.4, -0.2) is 27.4 Å². The van der Waals surface area contributed by atoms with Gasteiger partial charge >= 0.3 is 5.97 Å². The van der Waals surface area contributed by atoms with Gasteiger partial charge in [-0.25, -0.2) is 0 Å². The number of aliphatic hydroxyl groups is 1. The summed E-state index contributed by atoms with van der Waals surface area (Å²) in [6.45, 7) is 2.14. The molecule has 0 radical (unpaired) electrons. The number of carboxylic acids is 1. The van der Waals surface area contributed by atoms with Crippen molar-refractivity contribution in [3.63, 3.8) is 0 Å². The molecule has 0 atom stereocenters. The second kappa shape index (κ2) is 5.88. The van der Waals surface area contributed by atoms with Gasteiger partial charge in [0, 0.05) is 29.6 Å². The van der Waals surface area contributed by atoms with Gasteiger partial charge in [0.25, 0.3) is 0 Å². The average molecular weight is 275 g/mol. The third kappa shape index (κ3) is 2.58. The van der Waals surface area contributed by atoms with Gasteiger partial charge < -0.3 is 14.8 Å². The van der Waals surface area contributed by atoms with Gasteiger partial charge in [0.1, 0.15) is 0 Å². The molecule has 0 saturated heterocycles. The molecule has 1 aromatic carbocycles. The summed E-state index contributed by atoms with van der Waals surface area (Å²) in [6, 6.07) is 7.19. The van der Waals surface area contributed by atoms with E-state index in [2.05, 4.69) is 0 Å². The Morgan fingerprint density at radius 2 is 2.00 bits per heavy atom. The van der Waals surface area contributed by atoms with Gasteiger partial charge in [0.15, 0.2) is 5.43 Å². The zero-order chi connectivity index (χ0) is 14.7. The predicted octanol–water partition coefficient (Wildman–Crippen LogP) is 1.32. The quantitative estimate of drug-likeness (QED) is 0.862. The normalized spacial score (nSPS) is 10.9. The zero-order valence-electron chi connectivity index (χ0n) is 11.3. The summed E-state index contributed by atoms with van der Waals surface area (Å²) in [7, 11) is 0. The van der Waals surface area contributed by atoms with E-state index in [0.717, 1.165) is 11.2 Å². The Balaban J connectivity index is 2.68. The summed E-state index contributed by atoms with van der Waals surface area (Å²) in [5.74, 6) is -0.925. The summed E-state index contributed by atoms with van der Waals surface area (Å²) in [4.78, 5) is 23.2. The van der Waals surface area contributed by atoms with Crippen molar-refractivity contribution in [3.8, 4) is 0 Å². The SMILES string of the molecule is Cc1c(CCC(=O)O)c(=O)c2ccccc2n1CCO. The highest BCUT2D eigenvalue weighted by molar-refractivity contribution is 5.80. The van der Waals surface area contributed by atoms with Crippen LogP contribution >= 0.6 is 0 Å². The molecule has 1 heterocycles. The highest BCUT2D eigenvalue weighted by Crippen LogP contribution is 2.17. The van der Waals surface area contributed by atoms with Gasteiger partial charge in [0.05, 0.1) is 12.1 Å². The number of carboxylic acid groups (broad SMARTS) is 1. The van der Waals surface area contributed by atoms with Gasteiger partial charge in [0.2, 0.25) is 0 Å². The van der Waals surface area contributed by atoms with E-state index in [1.807, 2.05) is 16.7 Å². The Bertz CT molecular complexity index is 703. The number of fused-ring (bicyclic) bond motifs is 1. The molecule has 0 unspecified atom stereocenters. The topological polar surface area (TPSA) is 79.5 Å². The molecule has 0 saturated carbocycles. The van der Waals surface area contributed by atoms with Crippen LogP contribution in [0.1, 0.15) is 17.7 Å². The number of benzene rings is 1. The number of carbonyl (C=O) groups is 1. The molecular formula is C15H17NO4. The minimum Gasteiger partial charge on any atom is -0.481 e. The molecule has 0 bridgehead atoms. The molecule has 5 heteroatoms. The molecule has 2 rings (SSSR count). The first-order chi connectivity index (χ1) is 9.56. The number of aliphatic hydroxyl groups excluding tert-OH is 1. The molecule has 20 heavy (non-hydrogen) atoms. The first kappa shape index (κ1) is 14.3. The van der Waals surface area contributed by atoms with E-state index >= 15 is 0 Å². The lowest BCUT2D eigenvalue weighted by atomic mass is 10.0. The number of hydrogen-bond donors (Lipinski definition) is 2. The maximum Gasteiger partial charge on any atom is 0.303 e. The van der Waals surface area contributed by atoms with Crippen LogP contribution in [0.25, 0.3) is 10.9 Å². The van der Waals surface area contributed by atoms with E-state index in [9.17, 15) is 14.7 Å². The summed E-state index contributed by atoms with van der Waals surface area (Å²) in [5.41, 5.74) is 1.89. The first-order valence-electron chi connectivity index (χ1n) is 6.50. The van der Waals surface area contributed by atoms with Crippen LogP contribution in [0.2, 0.25) is 0 Å². The highest BCUT2D eigenvalue weighted by Gasteiger charge is 2.14. The van der Waals surface area contributed by atoms with E-state index < -0.39 is 5.97 Å². The molecule has 0 fully saturated rings. The van der Waals surface area contributed by atoms with Crippen molar-refractivity contribution < 1.29 is 15.0 Å². The number of pyridine rings is 1. The molecule has 5 nitrogen and oxygen atoms in total. The van der Waals surface area contributed by atoms with Gasteiger partial charge in [-0.3, -0.25) is 9.59 Å². The van der Waals surface area contributed by atoms with Crippen molar-refractivity contribution in [1.82, 2.24) is 4.57 Å². The third-order valence-corrected chi connectivity index (χ3v) is 3.47. The van der Waals surface area contributed by atoms with Crippen molar-refractivity contribution in [3.05, 3.63) is 45.7 Å². The Morgan fingerprint density at radius 1 is 1.30 bits per heavy atom. The summed E-state index contributed by atoms with van der Waals surface area (Å²) in [6.07, 6.45) is 0.129. The Kier molecular flexibility index (Phi) is 4.20. The van der Waals surface area contributed by atoms with E-state index in [-0.39, 0.29) is 24.9 Å². The van der Waals surface area contributed by atoms with E-state index in [1.54, 1.807) is 19.1 Å². The standard InChI is InChI=1S/C15H17NO4/c1-10-11(6-7-14(18)19)15(20)12-4-2-3-5-13(12)16(10)8-9-17/h2-5,17H,6-9H2,1H3,(H,18,19). The third-order valence-electron chi connectivity index (χ3n) is 3.47. The van der Waals surface area contributed by atoms with Gasteiger partial charge in [-0.15, -0.1) is 0 Å². The second-order valence-corrected chi connectivity index (χ2v) is 4.68. The van der Waals surface area contributed by atoms with Crippen molar-refractivity contribution >= 4 is 16.9 Å². The Morgan fingerprint density at radius 3 is 2.65 bits per heavy atom. The van der Waals surface area contributed by atoms with E-state index in [0.29, 0.717) is 17.5 Å². The molecule has 0 spiro atoms. The summed E-state index contributed by atoms with van der Waals surface area (Å²) in [5, 5.41) is 18.5. The van der Waals surface area contributed by atoms with Crippen LogP contribution in [0.4, 0.5) is 0 Å². The van der Waals surface area contributed by atoms with Crippen LogP contribution in [-0.2, 0) is 17.8 Å². The van der Waals surface area contributed by atoms with Crippen molar-refractivity contribution in [2.75, 3.05) is 6.61 Å². The summed E-state index contributed by atoms with van der Waals surface area (Å²) < 4.78 is 1.87. The molecule has 0 amide bonds. The number of rotatable bonds is 5. The fourth-order valence-corrected chi connectivity index (χ4v) is 2.49.